The quantitative estimate of drug-likeness (QED) is 0.352. The van der Waals surface area contributed by atoms with Crippen LogP contribution in [0.15, 0.2) is 29.1 Å². The second kappa shape index (κ2) is 6.30. The topological polar surface area (TPSA) is 119 Å². The highest BCUT2D eigenvalue weighted by atomic mass is 16.6. The van der Waals surface area contributed by atoms with Crippen LogP contribution in [0.1, 0.15) is 37.0 Å². The number of ether oxygens (including phenoxy) is 1. The van der Waals surface area contributed by atoms with E-state index in [4.69, 9.17) is 15.5 Å². The minimum Gasteiger partial charge on any atom is -0.458 e. The van der Waals surface area contributed by atoms with Crippen molar-refractivity contribution in [1.82, 2.24) is 9.55 Å². The number of aromatic nitrogens is 2. The van der Waals surface area contributed by atoms with Gasteiger partial charge < -0.3 is 25.5 Å². The molecule has 0 saturated heterocycles. The van der Waals surface area contributed by atoms with Crippen molar-refractivity contribution >= 4 is 28.2 Å². The standard InChI is InChI=1S/C22H22N4O4/c1-3-22(29)13-8-16-18-11(9-26(16)20(27)12(13)10-30-21(22)28)19(24-4-2)17-14(23)6-5-7-15(17)25-18/h5-8,29H,3-4,9-10,23H2,1-2H3,(H,24,25)/t22-/m0/s1. The number of anilines is 2. The van der Waals surface area contributed by atoms with Gasteiger partial charge in [-0.2, -0.15) is 0 Å². The Morgan fingerprint density at radius 3 is 2.83 bits per heavy atom. The van der Waals surface area contributed by atoms with Crippen molar-refractivity contribution in [3.05, 3.63) is 51.3 Å². The van der Waals surface area contributed by atoms with Gasteiger partial charge in [-0.05, 0) is 31.5 Å². The Hall–Kier alpha value is -3.39. The Morgan fingerprint density at radius 2 is 2.10 bits per heavy atom. The Bertz CT molecular complexity index is 1300. The fourth-order valence-corrected chi connectivity index (χ4v) is 4.53. The molecule has 2 aromatic heterocycles. The summed E-state index contributed by atoms with van der Waals surface area (Å²) in [6, 6.07) is 7.27. The number of fused-ring (bicyclic) bond motifs is 5. The summed E-state index contributed by atoms with van der Waals surface area (Å²) in [6.45, 7) is 4.55. The lowest BCUT2D eigenvalue weighted by atomic mass is 9.86. The normalized spacial score (nSPS) is 19.2. The molecule has 0 aliphatic carbocycles. The average molecular weight is 406 g/mol. The van der Waals surface area contributed by atoms with E-state index in [2.05, 4.69) is 5.32 Å². The summed E-state index contributed by atoms with van der Waals surface area (Å²) in [6.07, 6.45) is 0.110. The number of hydrogen-bond acceptors (Lipinski definition) is 7. The molecule has 5 rings (SSSR count). The summed E-state index contributed by atoms with van der Waals surface area (Å²) >= 11 is 0. The Kier molecular flexibility index (Phi) is 3.91. The van der Waals surface area contributed by atoms with E-state index in [0.717, 1.165) is 16.6 Å². The number of esters is 1. The van der Waals surface area contributed by atoms with Gasteiger partial charge in [0.15, 0.2) is 5.60 Å². The van der Waals surface area contributed by atoms with Crippen molar-refractivity contribution in [3.8, 4) is 11.4 Å². The van der Waals surface area contributed by atoms with E-state index >= 15 is 0 Å². The third kappa shape index (κ3) is 2.28. The Labute approximate surface area is 172 Å². The van der Waals surface area contributed by atoms with Gasteiger partial charge in [0, 0.05) is 28.7 Å². The van der Waals surface area contributed by atoms with E-state index in [-0.39, 0.29) is 18.6 Å². The zero-order chi connectivity index (χ0) is 21.2. The number of cyclic esters (lactones) is 1. The number of benzene rings is 1. The molecule has 154 valence electrons. The fourth-order valence-electron chi connectivity index (χ4n) is 4.53. The molecule has 30 heavy (non-hydrogen) atoms. The summed E-state index contributed by atoms with van der Waals surface area (Å²) in [4.78, 5) is 30.4. The van der Waals surface area contributed by atoms with Gasteiger partial charge >= 0.3 is 5.97 Å². The van der Waals surface area contributed by atoms with E-state index in [1.54, 1.807) is 17.6 Å². The predicted octanol–water partition coefficient (Wildman–Crippen LogP) is 2.09. The molecule has 0 fully saturated rings. The molecular weight excluding hydrogens is 384 g/mol. The summed E-state index contributed by atoms with van der Waals surface area (Å²) in [5.74, 6) is -0.729. The zero-order valence-electron chi connectivity index (χ0n) is 16.8. The lowest BCUT2D eigenvalue weighted by Gasteiger charge is -2.31. The van der Waals surface area contributed by atoms with E-state index in [0.29, 0.717) is 46.8 Å². The van der Waals surface area contributed by atoms with Crippen molar-refractivity contribution in [1.29, 1.82) is 0 Å². The zero-order valence-corrected chi connectivity index (χ0v) is 16.8. The van der Waals surface area contributed by atoms with Gasteiger partial charge in [-0.25, -0.2) is 9.78 Å². The number of nitrogen functional groups attached to an aromatic ring is 1. The number of hydrogen-bond donors (Lipinski definition) is 3. The minimum atomic E-state index is -1.84. The summed E-state index contributed by atoms with van der Waals surface area (Å²) in [7, 11) is 0. The van der Waals surface area contributed by atoms with E-state index in [9.17, 15) is 14.7 Å². The van der Waals surface area contributed by atoms with Crippen LogP contribution in [0.5, 0.6) is 0 Å². The van der Waals surface area contributed by atoms with Crippen LogP contribution in [0.4, 0.5) is 11.4 Å². The molecule has 0 bridgehead atoms. The number of nitrogens with two attached hydrogens (primary N) is 1. The monoisotopic (exact) mass is 406 g/mol. The van der Waals surface area contributed by atoms with Gasteiger partial charge in [-0.15, -0.1) is 0 Å². The van der Waals surface area contributed by atoms with E-state index in [1.165, 1.54) is 0 Å². The molecule has 8 heteroatoms. The van der Waals surface area contributed by atoms with E-state index in [1.807, 2.05) is 25.1 Å². The van der Waals surface area contributed by atoms with Gasteiger partial charge in [0.2, 0.25) is 0 Å². The first-order valence-electron chi connectivity index (χ1n) is 10.0. The lowest BCUT2D eigenvalue weighted by Crippen LogP contribution is -2.44. The molecule has 0 spiro atoms. The highest BCUT2D eigenvalue weighted by molar-refractivity contribution is 6.04. The number of aliphatic hydroxyl groups is 1. The second-order valence-electron chi connectivity index (χ2n) is 7.69. The van der Waals surface area contributed by atoms with E-state index < -0.39 is 11.6 Å². The highest BCUT2D eigenvalue weighted by Gasteiger charge is 2.45. The van der Waals surface area contributed by atoms with Crippen LogP contribution in [0.2, 0.25) is 0 Å². The molecule has 2 aliphatic rings. The van der Waals surface area contributed by atoms with Crippen LogP contribution in [-0.2, 0) is 28.3 Å². The smallest absolute Gasteiger partial charge is 0.343 e. The molecule has 0 amide bonds. The maximum Gasteiger partial charge on any atom is 0.343 e. The van der Waals surface area contributed by atoms with Crippen molar-refractivity contribution in [2.75, 3.05) is 17.6 Å². The first kappa shape index (κ1) is 18.6. The Morgan fingerprint density at radius 1 is 1.30 bits per heavy atom. The molecule has 4 heterocycles. The number of pyridine rings is 2. The van der Waals surface area contributed by atoms with Gasteiger partial charge in [-0.3, -0.25) is 4.79 Å². The van der Waals surface area contributed by atoms with Crippen LogP contribution in [-0.4, -0.2) is 27.2 Å². The number of rotatable bonds is 3. The highest BCUT2D eigenvalue weighted by Crippen LogP contribution is 2.42. The summed E-state index contributed by atoms with van der Waals surface area (Å²) in [5, 5.41) is 15.2. The molecular formula is C22H22N4O4. The van der Waals surface area contributed by atoms with Crippen LogP contribution in [0, 0.1) is 0 Å². The number of nitrogens with zero attached hydrogens (tertiary/aromatic N) is 2. The molecule has 4 N–H and O–H groups in total. The van der Waals surface area contributed by atoms with Crippen molar-refractivity contribution in [3.63, 3.8) is 0 Å². The summed E-state index contributed by atoms with van der Waals surface area (Å²) < 4.78 is 6.75. The maximum atomic E-state index is 13.3. The van der Waals surface area contributed by atoms with Gasteiger partial charge in [0.1, 0.15) is 6.61 Å². The molecule has 0 saturated carbocycles. The van der Waals surface area contributed by atoms with Crippen LogP contribution < -0.4 is 16.6 Å². The SMILES string of the molecule is CCNc1c2c(nc3cccc(N)c13)-c1cc3c(c(=O)n1C2)COC(=O)[C@]3(O)CC. The van der Waals surface area contributed by atoms with Gasteiger partial charge in [0.25, 0.3) is 5.56 Å². The molecule has 0 radical (unpaired) electrons. The summed E-state index contributed by atoms with van der Waals surface area (Å²) in [5.41, 5.74) is 9.04. The average Bonchev–Trinajstić information content (AvgIpc) is 3.10. The van der Waals surface area contributed by atoms with Crippen molar-refractivity contribution in [2.45, 2.75) is 39.0 Å². The van der Waals surface area contributed by atoms with Crippen molar-refractivity contribution in [2.24, 2.45) is 0 Å². The largest absolute Gasteiger partial charge is 0.458 e. The molecule has 2 aliphatic heterocycles. The molecule has 1 atom stereocenters. The molecule has 3 aromatic rings. The number of carbonyl (C=O) groups is 1. The van der Waals surface area contributed by atoms with Gasteiger partial charge in [-0.1, -0.05) is 13.0 Å². The molecule has 1 aromatic carbocycles. The van der Waals surface area contributed by atoms with Crippen LogP contribution in [0.25, 0.3) is 22.3 Å². The molecule has 8 nitrogen and oxygen atoms in total. The maximum absolute atomic E-state index is 13.3. The molecule has 0 unspecified atom stereocenters. The number of nitrogens with one attached hydrogen (secondary N) is 1. The van der Waals surface area contributed by atoms with Crippen LogP contribution >= 0.6 is 0 Å². The third-order valence-electron chi connectivity index (χ3n) is 6.10. The number of carbonyl (C=O) groups excluding carboxylic acids is 1. The minimum absolute atomic E-state index is 0.110. The fraction of sp³-hybridized carbons (Fsp3) is 0.318. The first-order chi connectivity index (χ1) is 14.4. The Balaban J connectivity index is 1.84. The predicted molar refractivity (Wildman–Crippen MR) is 113 cm³/mol. The van der Waals surface area contributed by atoms with Crippen LogP contribution in [0.3, 0.4) is 0 Å². The lowest BCUT2D eigenvalue weighted by molar-refractivity contribution is -0.172. The van der Waals surface area contributed by atoms with Crippen molar-refractivity contribution < 1.29 is 14.6 Å². The van der Waals surface area contributed by atoms with Gasteiger partial charge in [0.05, 0.1) is 34.7 Å². The first-order valence-corrected chi connectivity index (χ1v) is 10.0. The second-order valence-corrected chi connectivity index (χ2v) is 7.69. The third-order valence-corrected chi connectivity index (χ3v) is 6.10.